The molecule has 0 bridgehead atoms. The molecule has 0 aromatic heterocycles. The summed E-state index contributed by atoms with van der Waals surface area (Å²) >= 11 is 0. The lowest BCUT2D eigenvalue weighted by Gasteiger charge is -2.59. The number of rotatable bonds is 1. The Bertz CT molecular complexity index is 753. The summed E-state index contributed by atoms with van der Waals surface area (Å²) in [6.45, 7) is 4.84. The van der Waals surface area contributed by atoms with Crippen LogP contribution in [0.3, 0.4) is 0 Å². The van der Waals surface area contributed by atoms with Crippen LogP contribution in [0.4, 0.5) is 0 Å². The summed E-state index contributed by atoms with van der Waals surface area (Å²) in [4.78, 5) is 24.2. The molecule has 146 valence electrons. The SMILES string of the molecule is CCC1CC2=CC(=O)CCC2C2CC[C@@]3(C)C(C4CC4C34CCC(=O)O4)C12. The van der Waals surface area contributed by atoms with Gasteiger partial charge in [-0.25, -0.2) is 0 Å². The third kappa shape index (κ3) is 1.94. The largest absolute Gasteiger partial charge is 0.458 e. The number of hydrogen-bond acceptors (Lipinski definition) is 3. The molecule has 4 saturated carbocycles. The number of fused-ring (bicyclic) bond motifs is 9. The first-order valence-corrected chi connectivity index (χ1v) is 11.4. The Labute approximate surface area is 162 Å². The summed E-state index contributed by atoms with van der Waals surface area (Å²) in [6.07, 6.45) is 11.6. The minimum Gasteiger partial charge on any atom is -0.458 e. The van der Waals surface area contributed by atoms with E-state index >= 15 is 0 Å². The van der Waals surface area contributed by atoms with E-state index in [0.717, 1.165) is 49.4 Å². The first kappa shape index (κ1) is 16.8. The lowest BCUT2D eigenvalue weighted by molar-refractivity contribution is -0.177. The number of carbonyl (C=O) groups excluding carboxylic acids is 2. The first-order valence-electron chi connectivity index (χ1n) is 11.4. The van der Waals surface area contributed by atoms with E-state index in [0.29, 0.717) is 30.0 Å². The average Bonchev–Trinajstić information content (AvgIpc) is 3.29. The molecule has 8 unspecified atom stereocenters. The van der Waals surface area contributed by atoms with Gasteiger partial charge in [0.25, 0.3) is 0 Å². The van der Waals surface area contributed by atoms with Crippen LogP contribution in [0.15, 0.2) is 11.6 Å². The van der Waals surface area contributed by atoms with Crippen molar-refractivity contribution < 1.29 is 14.3 Å². The zero-order valence-corrected chi connectivity index (χ0v) is 16.7. The lowest BCUT2D eigenvalue weighted by atomic mass is 9.46. The highest BCUT2D eigenvalue weighted by molar-refractivity contribution is 5.91. The van der Waals surface area contributed by atoms with Crippen molar-refractivity contribution in [2.75, 3.05) is 0 Å². The van der Waals surface area contributed by atoms with Crippen molar-refractivity contribution in [3.63, 3.8) is 0 Å². The topological polar surface area (TPSA) is 43.4 Å². The number of ketones is 1. The summed E-state index contributed by atoms with van der Waals surface area (Å²) in [5, 5.41) is 0. The molecule has 3 heteroatoms. The Morgan fingerprint density at radius 2 is 2.00 bits per heavy atom. The van der Waals surface area contributed by atoms with E-state index in [1.54, 1.807) is 0 Å². The van der Waals surface area contributed by atoms with Crippen LogP contribution < -0.4 is 0 Å². The van der Waals surface area contributed by atoms with E-state index in [1.807, 2.05) is 6.08 Å². The quantitative estimate of drug-likeness (QED) is 0.630. The van der Waals surface area contributed by atoms with Gasteiger partial charge < -0.3 is 4.74 Å². The molecule has 9 atom stereocenters. The van der Waals surface area contributed by atoms with Gasteiger partial charge in [0.2, 0.25) is 0 Å². The van der Waals surface area contributed by atoms with Gasteiger partial charge in [0.05, 0.1) is 0 Å². The van der Waals surface area contributed by atoms with Crippen LogP contribution in [0.2, 0.25) is 0 Å². The number of allylic oxidation sites excluding steroid dienone is 1. The third-order valence-corrected chi connectivity index (χ3v) is 10.1. The Morgan fingerprint density at radius 3 is 2.74 bits per heavy atom. The van der Waals surface area contributed by atoms with Gasteiger partial charge in [-0.15, -0.1) is 0 Å². The Hall–Kier alpha value is -1.12. The van der Waals surface area contributed by atoms with Crippen LogP contribution >= 0.6 is 0 Å². The second kappa shape index (κ2) is 5.27. The molecule has 1 spiro atoms. The van der Waals surface area contributed by atoms with E-state index in [9.17, 15) is 9.59 Å². The molecule has 0 amide bonds. The molecule has 0 aromatic rings. The molecule has 27 heavy (non-hydrogen) atoms. The zero-order chi connectivity index (χ0) is 18.6. The van der Waals surface area contributed by atoms with Crippen molar-refractivity contribution in [3.8, 4) is 0 Å². The van der Waals surface area contributed by atoms with Gasteiger partial charge in [-0.3, -0.25) is 9.59 Å². The van der Waals surface area contributed by atoms with Gasteiger partial charge in [0.15, 0.2) is 5.78 Å². The number of carbonyl (C=O) groups is 2. The summed E-state index contributed by atoms with van der Waals surface area (Å²) in [5.74, 6) is 5.47. The molecule has 5 aliphatic carbocycles. The van der Waals surface area contributed by atoms with Crippen molar-refractivity contribution in [2.24, 2.45) is 46.8 Å². The lowest BCUT2D eigenvalue weighted by Crippen LogP contribution is -2.56. The van der Waals surface area contributed by atoms with Gasteiger partial charge in [0.1, 0.15) is 5.60 Å². The fraction of sp³-hybridized carbons (Fsp3) is 0.833. The molecule has 6 aliphatic rings. The summed E-state index contributed by atoms with van der Waals surface area (Å²) < 4.78 is 6.21. The molecule has 0 aromatic carbocycles. The second-order valence-corrected chi connectivity index (χ2v) is 10.8. The molecular weight excluding hydrogens is 336 g/mol. The minimum absolute atomic E-state index is 0.0522. The van der Waals surface area contributed by atoms with Gasteiger partial charge in [0, 0.05) is 24.2 Å². The minimum atomic E-state index is -0.138. The summed E-state index contributed by atoms with van der Waals surface area (Å²) in [6, 6.07) is 0. The number of esters is 1. The fourth-order valence-corrected chi connectivity index (χ4v) is 9.13. The highest BCUT2D eigenvalue weighted by Gasteiger charge is 2.79. The van der Waals surface area contributed by atoms with E-state index < -0.39 is 0 Å². The average molecular weight is 369 g/mol. The van der Waals surface area contributed by atoms with E-state index in [1.165, 1.54) is 31.3 Å². The van der Waals surface area contributed by atoms with E-state index in [-0.39, 0.29) is 17.0 Å². The third-order valence-electron chi connectivity index (χ3n) is 10.1. The predicted octanol–water partition coefficient (Wildman–Crippen LogP) is 4.70. The molecule has 6 rings (SSSR count). The maximum Gasteiger partial charge on any atom is 0.306 e. The molecule has 1 aliphatic heterocycles. The zero-order valence-electron chi connectivity index (χ0n) is 16.7. The molecule has 1 heterocycles. The normalized spacial score (nSPS) is 55.3. The number of ether oxygens (including phenoxy) is 1. The van der Waals surface area contributed by atoms with Gasteiger partial charge in [-0.2, -0.15) is 0 Å². The van der Waals surface area contributed by atoms with Gasteiger partial charge in [-0.05, 0) is 80.1 Å². The Kier molecular flexibility index (Phi) is 3.28. The van der Waals surface area contributed by atoms with Crippen LogP contribution in [0, 0.1) is 46.8 Å². The molecule has 0 radical (unpaired) electrons. The van der Waals surface area contributed by atoms with Crippen molar-refractivity contribution in [1.82, 2.24) is 0 Å². The molecule has 5 fully saturated rings. The van der Waals surface area contributed by atoms with Gasteiger partial charge in [-0.1, -0.05) is 25.8 Å². The van der Waals surface area contributed by atoms with Crippen LogP contribution in [0.25, 0.3) is 0 Å². The second-order valence-electron chi connectivity index (χ2n) is 10.8. The highest BCUT2D eigenvalue weighted by Crippen LogP contribution is 2.79. The first-order chi connectivity index (χ1) is 13.0. The standard InChI is InChI=1S/C24H32O3/c1-3-13-10-14-11-15(25)4-5-16(14)17-6-8-23(2)22(21(13)17)18-12-19(18)24(23)9-7-20(26)27-24/h11,13,16-19,21-22H,3-10,12H2,1-2H3/t13?,16?,17?,18?,19?,21?,22?,23-,24?/m0/s1. The van der Waals surface area contributed by atoms with Crippen LogP contribution in [0.5, 0.6) is 0 Å². The summed E-state index contributed by atoms with van der Waals surface area (Å²) in [5.41, 5.74) is 1.53. The van der Waals surface area contributed by atoms with E-state index in [4.69, 9.17) is 4.74 Å². The maximum absolute atomic E-state index is 12.1. The van der Waals surface area contributed by atoms with Crippen LogP contribution in [-0.4, -0.2) is 17.4 Å². The molecular formula is C24H32O3. The maximum atomic E-state index is 12.1. The van der Waals surface area contributed by atoms with Crippen LogP contribution in [0.1, 0.15) is 71.6 Å². The van der Waals surface area contributed by atoms with Crippen molar-refractivity contribution in [1.29, 1.82) is 0 Å². The number of hydrogen-bond donors (Lipinski definition) is 0. The predicted molar refractivity (Wildman–Crippen MR) is 102 cm³/mol. The van der Waals surface area contributed by atoms with Crippen molar-refractivity contribution >= 4 is 11.8 Å². The van der Waals surface area contributed by atoms with Crippen molar-refractivity contribution in [3.05, 3.63) is 11.6 Å². The summed E-state index contributed by atoms with van der Waals surface area (Å²) in [7, 11) is 0. The fourth-order valence-electron chi connectivity index (χ4n) is 9.13. The molecule has 1 saturated heterocycles. The van der Waals surface area contributed by atoms with Crippen molar-refractivity contribution in [2.45, 2.75) is 77.2 Å². The monoisotopic (exact) mass is 368 g/mol. The van der Waals surface area contributed by atoms with Crippen LogP contribution in [-0.2, 0) is 14.3 Å². The van der Waals surface area contributed by atoms with E-state index in [2.05, 4.69) is 13.8 Å². The molecule has 0 N–H and O–H groups in total. The highest BCUT2D eigenvalue weighted by atomic mass is 16.6. The molecule has 3 nitrogen and oxygen atoms in total. The van der Waals surface area contributed by atoms with Gasteiger partial charge >= 0.3 is 5.97 Å². The Morgan fingerprint density at radius 1 is 1.15 bits per heavy atom. The smallest absolute Gasteiger partial charge is 0.306 e. The Balaban J connectivity index is 1.41.